The van der Waals surface area contributed by atoms with Crippen molar-refractivity contribution in [3.8, 4) is 10.6 Å². The number of H-pyrrole nitrogens is 1. The summed E-state index contributed by atoms with van der Waals surface area (Å²) in [4.78, 5) is 1.19. The van der Waals surface area contributed by atoms with Crippen molar-refractivity contribution in [2.75, 3.05) is 0 Å². The Morgan fingerprint density at radius 2 is 2.38 bits per heavy atom. The zero-order valence-corrected chi connectivity index (χ0v) is 8.49. The highest BCUT2D eigenvalue weighted by molar-refractivity contribution is 7.13. The van der Waals surface area contributed by atoms with E-state index >= 15 is 0 Å². The molecule has 13 heavy (non-hydrogen) atoms. The molecule has 2 aromatic heterocycles. The second-order valence-electron chi connectivity index (χ2n) is 2.45. The van der Waals surface area contributed by atoms with Crippen LogP contribution in [0.1, 0.15) is 5.56 Å². The summed E-state index contributed by atoms with van der Waals surface area (Å²) in [6.45, 7) is 0.531. The van der Waals surface area contributed by atoms with Crippen LogP contribution in [-0.4, -0.2) is 10.2 Å². The fourth-order valence-corrected chi connectivity index (χ4v) is 1.86. The molecular formula is C8H10ClN3S. The number of hydrogen-bond acceptors (Lipinski definition) is 3. The molecule has 0 saturated carbocycles. The normalized spacial score (nSPS) is 9.62. The van der Waals surface area contributed by atoms with Crippen molar-refractivity contribution in [1.82, 2.24) is 10.2 Å². The smallest absolute Gasteiger partial charge is 0.0794 e. The number of nitrogens with one attached hydrogen (secondary N) is 1. The molecule has 0 spiro atoms. The summed E-state index contributed by atoms with van der Waals surface area (Å²) in [5, 5.41) is 8.93. The van der Waals surface area contributed by atoms with E-state index < -0.39 is 0 Å². The van der Waals surface area contributed by atoms with Gasteiger partial charge in [0.2, 0.25) is 0 Å². The van der Waals surface area contributed by atoms with E-state index in [0.29, 0.717) is 6.54 Å². The van der Waals surface area contributed by atoms with Crippen molar-refractivity contribution in [3.63, 3.8) is 0 Å². The highest BCUT2D eigenvalue weighted by Gasteiger charge is 2.05. The first-order valence-corrected chi connectivity index (χ1v) is 4.56. The van der Waals surface area contributed by atoms with Crippen LogP contribution in [0.5, 0.6) is 0 Å². The van der Waals surface area contributed by atoms with E-state index in [1.165, 1.54) is 4.88 Å². The fraction of sp³-hybridized carbons (Fsp3) is 0.125. The second kappa shape index (κ2) is 4.41. The molecule has 2 heterocycles. The van der Waals surface area contributed by atoms with E-state index in [1.807, 2.05) is 11.4 Å². The summed E-state index contributed by atoms with van der Waals surface area (Å²) >= 11 is 1.68. The summed E-state index contributed by atoms with van der Waals surface area (Å²) in [6.07, 6.45) is 1.77. The SMILES string of the molecule is Cl.NCc1cn[nH]c1-c1cccs1. The second-order valence-corrected chi connectivity index (χ2v) is 3.40. The van der Waals surface area contributed by atoms with Crippen molar-refractivity contribution < 1.29 is 0 Å². The Morgan fingerprint density at radius 1 is 1.54 bits per heavy atom. The van der Waals surface area contributed by atoms with Crippen LogP contribution in [0.3, 0.4) is 0 Å². The van der Waals surface area contributed by atoms with Gasteiger partial charge in [0.1, 0.15) is 0 Å². The maximum absolute atomic E-state index is 5.55. The molecule has 3 N–H and O–H groups in total. The topological polar surface area (TPSA) is 54.7 Å². The molecule has 0 aliphatic rings. The summed E-state index contributed by atoms with van der Waals surface area (Å²) in [5.74, 6) is 0. The van der Waals surface area contributed by atoms with Gasteiger partial charge in [-0.05, 0) is 11.4 Å². The van der Waals surface area contributed by atoms with Crippen LogP contribution >= 0.6 is 23.7 Å². The number of aromatic nitrogens is 2. The summed E-state index contributed by atoms with van der Waals surface area (Å²) in [7, 11) is 0. The molecular weight excluding hydrogens is 206 g/mol. The van der Waals surface area contributed by atoms with Crippen molar-refractivity contribution in [1.29, 1.82) is 0 Å². The predicted octanol–water partition coefficient (Wildman–Crippen LogP) is 2.02. The molecule has 5 heteroatoms. The molecule has 0 radical (unpaired) electrons. The van der Waals surface area contributed by atoms with Gasteiger partial charge >= 0.3 is 0 Å². The van der Waals surface area contributed by atoms with Crippen LogP contribution < -0.4 is 5.73 Å². The van der Waals surface area contributed by atoms with Gasteiger partial charge in [-0.3, -0.25) is 5.10 Å². The molecule has 0 aromatic carbocycles. The van der Waals surface area contributed by atoms with Crippen LogP contribution in [0.25, 0.3) is 10.6 Å². The van der Waals surface area contributed by atoms with E-state index in [-0.39, 0.29) is 12.4 Å². The molecule has 0 unspecified atom stereocenters. The first kappa shape index (κ1) is 10.2. The number of nitrogens with two attached hydrogens (primary N) is 1. The third-order valence-electron chi connectivity index (χ3n) is 1.71. The van der Waals surface area contributed by atoms with Crippen LogP contribution in [0.4, 0.5) is 0 Å². The van der Waals surface area contributed by atoms with Crippen LogP contribution in [0.2, 0.25) is 0 Å². The van der Waals surface area contributed by atoms with E-state index in [2.05, 4.69) is 16.3 Å². The van der Waals surface area contributed by atoms with E-state index in [9.17, 15) is 0 Å². The number of nitrogens with zero attached hydrogens (tertiary/aromatic N) is 1. The van der Waals surface area contributed by atoms with Gasteiger partial charge < -0.3 is 5.73 Å². The highest BCUT2D eigenvalue weighted by atomic mass is 35.5. The average Bonchev–Trinajstić information content (AvgIpc) is 2.74. The number of rotatable bonds is 2. The van der Waals surface area contributed by atoms with Crippen molar-refractivity contribution >= 4 is 23.7 Å². The zero-order chi connectivity index (χ0) is 8.39. The first-order chi connectivity index (χ1) is 5.92. The maximum atomic E-state index is 5.55. The fourth-order valence-electron chi connectivity index (χ4n) is 1.10. The number of hydrogen-bond donors (Lipinski definition) is 2. The molecule has 2 rings (SSSR count). The third kappa shape index (κ3) is 1.91. The number of aromatic amines is 1. The maximum Gasteiger partial charge on any atom is 0.0794 e. The minimum absolute atomic E-state index is 0. The van der Waals surface area contributed by atoms with Gasteiger partial charge in [0.15, 0.2) is 0 Å². The molecule has 2 aromatic rings. The van der Waals surface area contributed by atoms with Crippen LogP contribution in [0, 0.1) is 0 Å². The molecule has 0 aliphatic carbocycles. The Balaban J connectivity index is 0.000000845. The largest absolute Gasteiger partial charge is 0.326 e. The van der Waals surface area contributed by atoms with Gasteiger partial charge in [-0.2, -0.15) is 5.10 Å². The van der Waals surface area contributed by atoms with Gasteiger partial charge in [-0.1, -0.05) is 6.07 Å². The summed E-state index contributed by atoms with van der Waals surface area (Å²) in [6, 6.07) is 4.07. The molecule has 0 atom stereocenters. The molecule has 3 nitrogen and oxygen atoms in total. The minimum Gasteiger partial charge on any atom is -0.326 e. The lowest BCUT2D eigenvalue weighted by atomic mass is 10.2. The van der Waals surface area contributed by atoms with Crippen molar-refractivity contribution in [2.45, 2.75) is 6.54 Å². The molecule has 0 aliphatic heterocycles. The van der Waals surface area contributed by atoms with Gasteiger partial charge in [-0.25, -0.2) is 0 Å². The van der Waals surface area contributed by atoms with E-state index in [4.69, 9.17) is 5.73 Å². The lowest BCUT2D eigenvalue weighted by molar-refractivity contribution is 1.08. The Kier molecular flexibility index (Phi) is 3.48. The number of halogens is 1. The Morgan fingerprint density at radius 3 is 3.00 bits per heavy atom. The minimum atomic E-state index is 0. The molecule has 0 amide bonds. The molecule has 0 fully saturated rings. The van der Waals surface area contributed by atoms with Gasteiger partial charge in [0.05, 0.1) is 16.8 Å². The van der Waals surface area contributed by atoms with E-state index in [0.717, 1.165) is 11.3 Å². The average molecular weight is 216 g/mol. The van der Waals surface area contributed by atoms with E-state index in [1.54, 1.807) is 17.5 Å². The zero-order valence-electron chi connectivity index (χ0n) is 6.86. The number of thiophene rings is 1. The highest BCUT2D eigenvalue weighted by Crippen LogP contribution is 2.25. The van der Waals surface area contributed by atoms with Crippen LogP contribution in [-0.2, 0) is 6.54 Å². The molecule has 0 saturated heterocycles. The Bertz CT molecular complexity index is 355. The summed E-state index contributed by atoms with van der Waals surface area (Å²) in [5.41, 5.74) is 7.66. The summed E-state index contributed by atoms with van der Waals surface area (Å²) < 4.78 is 0. The quantitative estimate of drug-likeness (QED) is 0.806. The van der Waals surface area contributed by atoms with Crippen molar-refractivity contribution in [2.24, 2.45) is 5.73 Å². The Labute approximate surface area is 86.4 Å². The Hall–Kier alpha value is -0.840. The van der Waals surface area contributed by atoms with Gasteiger partial charge in [0.25, 0.3) is 0 Å². The lowest BCUT2D eigenvalue weighted by Gasteiger charge is -1.94. The van der Waals surface area contributed by atoms with Gasteiger partial charge in [-0.15, -0.1) is 23.7 Å². The monoisotopic (exact) mass is 215 g/mol. The predicted molar refractivity (Wildman–Crippen MR) is 57.0 cm³/mol. The third-order valence-corrected chi connectivity index (χ3v) is 2.59. The standard InChI is InChI=1S/C8H9N3S.ClH/c9-4-6-5-10-11-8(6)7-2-1-3-12-7;/h1-3,5H,4,9H2,(H,10,11);1H. The first-order valence-electron chi connectivity index (χ1n) is 3.68. The van der Waals surface area contributed by atoms with Crippen LogP contribution in [0.15, 0.2) is 23.7 Å². The lowest BCUT2D eigenvalue weighted by Crippen LogP contribution is -1.95. The van der Waals surface area contributed by atoms with Gasteiger partial charge in [0, 0.05) is 12.1 Å². The molecule has 0 bridgehead atoms. The molecule has 70 valence electrons. The van der Waals surface area contributed by atoms with Crippen molar-refractivity contribution in [3.05, 3.63) is 29.3 Å².